The van der Waals surface area contributed by atoms with Crippen LogP contribution in [0.4, 0.5) is 11.4 Å². The molecule has 174 valence electrons. The van der Waals surface area contributed by atoms with E-state index in [1.807, 2.05) is 37.3 Å². The largest absolute Gasteiger partial charge is 0.497 e. The first-order valence-electron chi connectivity index (χ1n) is 10.1. The fraction of sp³-hybridized carbons (Fsp3) is 0.208. The van der Waals surface area contributed by atoms with Crippen molar-refractivity contribution in [2.24, 2.45) is 0 Å². The van der Waals surface area contributed by atoms with E-state index in [0.29, 0.717) is 17.2 Å². The van der Waals surface area contributed by atoms with Crippen LogP contribution in [0.2, 0.25) is 0 Å². The Morgan fingerprint density at radius 2 is 1.67 bits per heavy atom. The Morgan fingerprint density at radius 3 is 2.30 bits per heavy atom. The Labute approximate surface area is 198 Å². The summed E-state index contributed by atoms with van der Waals surface area (Å²) in [7, 11) is -0.925. The van der Waals surface area contributed by atoms with E-state index in [4.69, 9.17) is 9.47 Å². The first-order valence-corrected chi connectivity index (χ1v) is 12.7. The summed E-state index contributed by atoms with van der Waals surface area (Å²) in [6.07, 6.45) is 0. The van der Waals surface area contributed by atoms with Gasteiger partial charge in [-0.1, -0.05) is 30.3 Å². The SMILES string of the molecule is COc1ccc(OC)c(NS(=O)(=O)c2ccc(NC(=O)[C@H](C)SCc3ccccc3)cc2)c1. The maximum Gasteiger partial charge on any atom is 0.262 e. The molecule has 0 unspecified atom stereocenters. The second-order valence-corrected chi connectivity index (χ2v) is 10.1. The van der Waals surface area contributed by atoms with Gasteiger partial charge < -0.3 is 14.8 Å². The summed E-state index contributed by atoms with van der Waals surface area (Å²) in [5.74, 6) is 1.44. The minimum atomic E-state index is -3.87. The molecule has 33 heavy (non-hydrogen) atoms. The first kappa shape index (κ1) is 24.5. The van der Waals surface area contributed by atoms with Gasteiger partial charge in [-0.3, -0.25) is 9.52 Å². The minimum absolute atomic E-state index is 0.0527. The number of methoxy groups -OCH3 is 2. The van der Waals surface area contributed by atoms with Crippen LogP contribution in [-0.4, -0.2) is 33.8 Å². The number of ether oxygens (including phenoxy) is 2. The highest BCUT2D eigenvalue weighted by Crippen LogP contribution is 2.31. The normalized spacial score (nSPS) is 12.0. The van der Waals surface area contributed by atoms with Gasteiger partial charge in [0.05, 0.1) is 30.1 Å². The lowest BCUT2D eigenvalue weighted by molar-refractivity contribution is -0.115. The van der Waals surface area contributed by atoms with Crippen LogP contribution >= 0.6 is 11.8 Å². The van der Waals surface area contributed by atoms with Crippen LogP contribution in [0.15, 0.2) is 77.7 Å². The Hall–Kier alpha value is -3.17. The highest BCUT2D eigenvalue weighted by atomic mass is 32.2. The number of carbonyl (C=O) groups is 1. The number of sulfonamides is 1. The molecule has 0 fully saturated rings. The molecular weight excluding hydrogens is 460 g/mol. The third kappa shape index (κ3) is 6.66. The van der Waals surface area contributed by atoms with Crippen LogP contribution in [-0.2, 0) is 20.6 Å². The Bertz CT molecular complexity index is 1180. The molecule has 9 heteroatoms. The quantitative estimate of drug-likeness (QED) is 0.429. The molecule has 1 amide bonds. The van der Waals surface area contributed by atoms with Crippen molar-refractivity contribution in [1.82, 2.24) is 0 Å². The van der Waals surface area contributed by atoms with Gasteiger partial charge in [0.25, 0.3) is 10.0 Å². The predicted molar refractivity (Wildman–Crippen MR) is 133 cm³/mol. The topological polar surface area (TPSA) is 93.7 Å². The fourth-order valence-electron chi connectivity index (χ4n) is 2.93. The second kappa shape index (κ2) is 11.1. The number of carbonyl (C=O) groups excluding carboxylic acids is 1. The number of hydrogen-bond acceptors (Lipinski definition) is 6. The van der Waals surface area contributed by atoms with Gasteiger partial charge in [-0.2, -0.15) is 0 Å². The Kier molecular flexibility index (Phi) is 8.24. The van der Waals surface area contributed by atoms with E-state index in [1.54, 1.807) is 30.3 Å². The van der Waals surface area contributed by atoms with E-state index in [9.17, 15) is 13.2 Å². The summed E-state index contributed by atoms with van der Waals surface area (Å²) in [5, 5.41) is 2.56. The van der Waals surface area contributed by atoms with Gasteiger partial charge in [0.2, 0.25) is 5.91 Å². The van der Waals surface area contributed by atoms with E-state index < -0.39 is 10.0 Å². The first-order chi connectivity index (χ1) is 15.8. The molecule has 0 saturated carbocycles. The lowest BCUT2D eigenvalue weighted by Gasteiger charge is -2.14. The van der Waals surface area contributed by atoms with Crippen molar-refractivity contribution in [3.63, 3.8) is 0 Å². The summed E-state index contributed by atoms with van der Waals surface area (Å²) in [5.41, 5.74) is 1.93. The van der Waals surface area contributed by atoms with Gasteiger partial charge in [-0.05, 0) is 48.9 Å². The van der Waals surface area contributed by atoms with E-state index in [1.165, 1.54) is 38.1 Å². The molecule has 0 aliphatic heterocycles. The lowest BCUT2D eigenvalue weighted by atomic mass is 10.2. The molecule has 0 spiro atoms. The number of anilines is 2. The molecule has 0 aromatic heterocycles. The molecule has 0 radical (unpaired) electrons. The van der Waals surface area contributed by atoms with Crippen LogP contribution in [0.5, 0.6) is 11.5 Å². The van der Waals surface area contributed by atoms with Crippen LogP contribution in [0.25, 0.3) is 0 Å². The van der Waals surface area contributed by atoms with E-state index in [-0.39, 0.29) is 21.7 Å². The van der Waals surface area contributed by atoms with Crippen molar-refractivity contribution in [3.05, 3.63) is 78.4 Å². The summed E-state index contributed by atoms with van der Waals surface area (Å²) < 4.78 is 38.6. The van der Waals surface area contributed by atoms with Crippen molar-refractivity contribution in [2.45, 2.75) is 22.8 Å². The van der Waals surface area contributed by atoms with Gasteiger partial charge in [0.15, 0.2) is 0 Å². The zero-order valence-electron chi connectivity index (χ0n) is 18.6. The number of rotatable bonds is 10. The molecule has 2 N–H and O–H groups in total. The van der Waals surface area contributed by atoms with Crippen LogP contribution in [0.1, 0.15) is 12.5 Å². The van der Waals surface area contributed by atoms with Gasteiger partial charge in [-0.15, -0.1) is 11.8 Å². The standard InChI is InChI=1S/C24H26N2O5S2/c1-17(32-16-18-7-5-4-6-8-18)24(27)25-19-9-12-21(13-10-19)33(28,29)26-22-15-20(30-2)11-14-23(22)31-3/h4-15,17,26H,16H2,1-3H3,(H,25,27)/t17-/m0/s1. The van der Waals surface area contributed by atoms with Crippen molar-refractivity contribution in [2.75, 3.05) is 24.3 Å². The third-order valence-electron chi connectivity index (χ3n) is 4.80. The van der Waals surface area contributed by atoms with Crippen molar-refractivity contribution >= 4 is 39.1 Å². The molecule has 3 aromatic rings. The lowest BCUT2D eigenvalue weighted by Crippen LogP contribution is -2.22. The number of benzene rings is 3. The average Bonchev–Trinajstić information content (AvgIpc) is 2.83. The third-order valence-corrected chi connectivity index (χ3v) is 7.39. The van der Waals surface area contributed by atoms with E-state index in [2.05, 4.69) is 10.0 Å². The second-order valence-electron chi connectivity index (χ2n) is 7.12. The molecular formula is C24H26N2O5S2. The summed E-state index contributed by atoms with van der Waals surface area (Å²) in [6, 6.07) is 20.8. The number of thioether (sulfide) groups is 1. The zero-order chi connectivity index (χ0) is 23.8. The smallest absolute Gasteiger partial charge is 0.262 e. The molecule has 7 nitrogen and oxygen atoms in total. The number of amides is 1. The van der Waals surface area contributed by atoms with Gasteiger partial charge >= 0.3 is 0 Å². The molecule has 3 aromatic carbocycles. The highest BCUT2D eigenvalue weighted by molar-refractivity contribution is 7.99. The van der Waals surface area contributed by atoms with Crippen LogP contribution < -0.4 is 19.5 Å². The Balaban J connectivity index is 1.63. The number of hydrogen-bond donors (Lipinski definition) is 2. The molecule has 0 bridgehead atoms. The summed E-state index contributed by atoms with van der Waals surface area (Å²) in [6.45, 7) is 1.84. The number of nitrogens with one attached hydrogen (secondary N) is 2. The molecule has 0 aliphatic rings. The van der Waals surface area contributed by atoms with Gasteiger partial charge in [0.1, 0.15) is 11.5 Å². The van der Waals surface area contributed by atoms with Crippen LogP contribution in [0, 0.1) is 0 Å². The van der Waals surface area contributed by atoms with Gasteiger partial charge in [-0.25, -0.2) is 8.42 Å². The summed E-state index contributed by atoms with van der Waals surface area (Å²) in [4.78, 5) is 12.6. The fourth-order valence-corrected chi connectivity index (χ4v) is 4.84. The average molecular weight is 487 g/mol. The molecule has 1 atom stereocenters. The van der Waals surface area contributed by atoms with E-state index >= 15 is 0 Å². The Morgan fingerprint density at radius 1 is 0.970 bits per heavy atom. The van der Waals surface area contributed by atoms with Gasteiger partial charge in [0, 0.05) is 17.5 Å². The van der Waals surface area contributed by atoms with Crippen molar-refractivity contribution < 1.29 is 22.7 Å². The van der Waals surface area contributed by atoms with Crippen LogP contribution in [0.3, 0.4) is 0 Å². The predicted octanol–water partition coefficient (Wildman–Crippen LogP) is 4.77. The highest BCUT2D eigenvalue weighted by Gasteiger charge is 2.18. The molecule has 0 saturated heterocycles. The molecule has 0 heterocycles. The molecule has 3 rings (SSSR count). The van der Waals surface area contributed by atoms with E-state index in [0.717, 1.165) is 11.3 Å². The summed E-state index contributed by atoms with van der Waals surface area (Å²) >= 11 is 1.53. The molecule has 0 aliphatic carbocycles. The maximum atomic E-state index is 12.8. The monoisotopic (exact) mass is 486 g/mol. The van der Waals surface area contributed by atoms with Crippen molar-refractivity contribution in [3.8, 4) is 11.5 Å². The minimum Gasteiger partial charge on any atom is -0.497 e. The van der Waals surface area contributed by atoms with Crippen molar-refractivity contribution in [1.29, 1.82) is 0 Å². The zero-order valence-corrected chi connectivity index (χ0v) is 20.2. The maximum absolute atomic E-state index is 12.8.